The molecule has 0 aliphatic carbocycles. The van der Waals surface area contributed by atoms with Crippen LogP contribution in [0, 0.1) is 0 Å². The van der Waals surface area contributed by atoms with Crippen LogP contribution >= 0.6 is 0 Å². The fraction of sp³-hybridized carbons (Fsp3) is 0.600. The predicted molar refractivity (Wildman–Crippen MR) is 102 cm³/mol. The van der Waals surface area contributed by atoms with E-state index >= 15 is 0 Å². The number of ether oxygens (including phenoxy) is 1. The molecular formula is C20H31N3O3. The van der Waals surface area contributed by atoms with Gasteiger partial charge in [-0.3, -0.25) is 14.5 Å². The zero-order chi connectivity index (χ0) is 19.0. The van der Waals surface area contributed by atoms with Crippen LogP contribution in [0.3, 0.4) is 0 Å². The second kappa shape index (κ2) is 9.69. The normalized spacial score (nSPS) is 18.3. The Kier molecular flexibility index (Phi) is 7.60. The molecule has 1 saturated heterocycles. The number of hydrogen-bond acceptors (Lipinski definition) is 4. The Bertz CT molecular complexity index is 584. The van der Waals surface area contributed by atoms with Gasteiger partial charge in [0.05, 0.1) is 12.7 Å². The van der Waals surface area contributed by atoms with Gasteiger partial charge in [-0.2, -0.15) is 0 Å². The molecule has 0 bridgehead atoms. The SMILES string of the molecule is CC(C)(C)NC(=O)C(=O)NCCCCN1CCOC(c2ccccc2)C1. The molecule has 1 atom stereocenters. The van der Waals surface area contributed by atoms with Crippen molar-refractivity contribution in [2.75, 3.05) is 32.8 Å². The molecule has 2 rings (SSSR count). The van der Waals surface area contributed by atoms with E-state index in [9.17, 15) is 9.59 Å². The minimum Gasteiger partial charge on any atom is -0.371 e. The Morgan fingerprint density at radius 2 is 1.88 bits per heavy atom. The van der Waals surface area contributed by atoms with Crippen molar-refractivity contribution in [2.24, 2.45) is 0 Å². The van der Waals surface area contributed by atoms with Crippen LogP contribution in [0.1, 0.15) is 45.3 Å². The van der Waals surface area contributed by atoms with E-state index in [-0.39, 0.29) is 6.10 Å². The number of unbranched alkanes of at least 4 members (excludes halogenated alkanes) is 1. The van der Waals surface area contributed by atoms with E-state index in [1.807, 2.05) is 39.0 Å². The van der Waals surface area contributed by atoms with Crippen molar-refractivity contribution in [3.8, 4) is 0 Å². The van der Waals surface area contributed by atoms with Crippen molar-refractivity contribution < 1.29 is 14.3 Å². The Morgan fingerprint density at radius 1 is 1.15 bits per heavy atom. The van der Waals surface area contributed by atoms with Gasteiger partial charge in [0.15, 0.2) is 0 Å². The molecule has 144 valence electrons. The van der Waals surface area contributed by atoms with Crippen LogP contribution in [0.2, 0.25) is 0 Å². The lowest BCUT2D eigenvalue weighted by Crippen LogP contribution is -2.48. The van der Waals surface area contributed by atoms with E-state index in [4.69, 9.17) is 4.74 Å². The Balaban J connectivity index is 1.62. The molecule has 1 aromatic carbocycles. The number of carbonyl (C=O) groups is 2. The summed E-state index contributed by atoms with van der Waals surface area (Å²) in [6.45, 7) is 9.60. The summed E-state index contributed by atoms with van der Waals surface area (Å²) in [5.74, 6) is -1.13. The highest BCUT2D eigenvalue weighted by Gasteiger charge is 2.22. The van der Waals surface area contributed by atoms with Crippen LogP contribution in [0.4, 0.5) is 0 Å². The van der Waals surface area contributed by atoms with Crippen molar-refractivity contribution in [1.82, 2.24) is 15.5 Å². The van der Waals surface area contributed by atoms with E-state index in [0.29, 0.717) is 6.54 Å². The number of morpholine rings is 1. The van der Waals surface area contributed by atoms with Gasteiger partial charge in [0.25, 0.3) is 0 Å². The van der Waals surface area contributed by atoms with Gasteiger partial charge in [0.2, 0.25) is 0 Å². The van der Waals surface area contributed by atoms with Gasteiger partial charge in [0.1, 0.15) is 0 Å². The zero-order valence-corrected chi connectivity index (χ0v) is 16.1. The molecule has 6 nitrogen and oxygen atoms in total. The van der Waals surface area contributed by atoms with Crippen LogP contribution in [0.25, 0.3) is 0 Å². The summed E-state index contributed by atoms with van der Waals surface area (Å²) in [5, 5.41) is 5.34. The smallest absolute Gasteiger partial charge is 0.309 e. The molecule has 1 aliphatic rings. The van der Waals surface area contributed by atoms with E-state index in [1.54, 1.807) is 0 Å². The number of nitrogens with zero attached hydrogens (tertiary/aromatic N) is 1. The molecule has 1 aliphatic heterocycles. The molecular weight excluding hydrogens is 330 g/mol. The first-order valence-corrected chi connectivity index (χ1v) is 9.34. The fourth-order valence-corrected chi connectivity index (χ4v) is 2.91. The van der Waals surface area contributed by atoms with Crippen LogP contribution in [-0.4, -0.2) is 55.0 Å². The van der Waals surface area contributed by atoms with Gasteiger partial charge in [-0.25, -0.2) is 0 Å². The van der Waals surface area contributed by atoms with Crippen LogP contribution < -0.4 is 10.6 Å². The highest BCUT2D eigenvalue weighted by Crippen LogP contribution is 2.21. The number of benzene rings is 1. The molecule has 0 aromatic heterocycles. The average Bonchev–Trinajstić information content (AvgIpc) is 2.61. The van der Waals surface area contributed by atoms with Crippen molar-refractivity contribution in [1.29, 1.82) is 0 Å². The molecule has 26 heavy (non-hydrogen) atoms. The standard InChI is InChI=1S/C20H31N3O3/c1-20(2,3)22-19(25)18(24)21-11-7-8-12-23-13-14-26-17(15-23)16-9-5-4-6-10-16/h4-6,9-10,17H,7-8,11-15H2,1-3H3,(H,21,24)(H,22,25). The lowest BCUT2D eigenvalue weighted by molar-refractivity contribution is -0.140. The summed E-state index contributed by atoms with van der Waals surface area (Å²) in [5.41, 5.74) is 0.814. The maximum absolute atomic E-state index is 11.7. The highest BCUT2D eigenvalue weighted by molar-refractivity contribution is 6.35. The van der Waals surface area contributed by atoms with Gasteiger partial charge in [0, 0.05) is 25.2 Å². The maximum atomic E-state index is 11.7. The third-order valence-corrected chi connectivity index (χ3v) is 4.20. The molecule has 2 N–H and O–H groups in total. The third-order valence-electron chi connectivity index (χ3n) is 4.20. The topological polar surface area (TPSA) is 70.7 Å². The Labute approximate surface area is 156 Å². The first-order chi connectivity index (χ1) is 12.3. The molecule has 1 aromatic rings. The largest absolute Gasteiger partial charge is 0.371 e. The molecule has 2 amide bonds. The van der Waals surface area contributed by atoms with Crippen LogP contribution in [0.5, 0.6) is 0 Å². The minimum absolute atomic E-state index is 0.130. The second-order valence-electron chi connectivity index (χ2n) is 7.74. The lowest BCUT2D eigenvalue weighted by atomic mass is 10.1. The number of nitrogens with one attached hydrogen (secondary N) is 2. The first kappa shape index (κ1) is 20.4. The van der Waals surface area contributed by atoms with Gasteiger partial charge >= 0.3 is 11.8 Å². The quantitative estimate of drug-likeness (QED) is 0.599. The second-order valence-corrected chi connectivity index (χ2v) is 7.74. The summed E-state index contributed by atoms with van der Waals surface area (Å²) in [7, 11) is 0. The molecule has 0 saturated carbocycles. The van der Waals surface area contributed by atoms with Gasteiger partial charge in [-0.1, -0.05) is 30.3 Å². The lowest BCUT2D eigenvalue weighted by Gasteiger charge is -2.33. The van der Waals surface area contributed by atoms with Crippen molar-refractivity contribution in [3.63, 3.8) is 0 Å². The Morgan fingerprint density at radius 3 is 2.58 bits per heavy atom. The monoisotopic (exact) mass is 361 g/mol. The number of amides is 2. The molecule has 0 radical (unpaired) electrons. The highest BCUT2D eigenvalue weighted by atomic mass is 16.5. The summed E-state index contributed by atoms with van der Waals surface area (Å²) in [6, 6.07) is 10.3. The molecule has 1 heterocycles. The van der Waals surface area contributed by atoms with Crippen molar-refractivity contribution in [3.05, 3.63) is 35.9 Å². The molecule has 0 spiro atoms. The fourth-order valence-electron chi connectivity index (χ4n) is 2.91. The molecule has 6 heteroatoms. The maximum Gasteiger partial charge on any atom is 0.309 e. The van der Waals surface area contributed by atoms with Gasteiger partial charge in [-0.05, 0) is 45.7 Å². The zero-order valence-electron chi connectivity index (χ0n) is 16.1. The van der Waals surface area contributed by atoms with E-state index < -0.39 is 17.4 Å². The van der Waals surface area contributed by atoms with Gasteiger partial charge in [-0.15, -0.1) is 0 Å². The first-order valence-electron chi connectivity index (χ1n) is 9.34. The molecule has 1 unspecified atom stereocenters. The van der Waals surface area contributed by atoms with E-state index in [0.717, 1.165) is 39.1 Å². The van der Waals surface area contributed by atoms with Crippen LogP contribution in [-0.2, 0) is 14.3 Å². The van der Waals surface area contributed by atoms with Crippen molar-refractivity contribution >= 4 is 11.8 Å². The minimum atomic E-state index is -0.573. The predicted octanol–water partition coefficient (Wildman–Crippen LogP) is 1.87. The number of carbonyl (C=O) groups excluding carboxylic acids is 2. The van der Waals surface area contributed by atoms with E-state index in [1.165, 1.54) is 5.56 Å². The van der Waals surface area contributed by atoms with Crippen LogP contribution in [0.15, 0.2) is 30.3 Å². The Hall–Kier alpha value is -1.92. The number of rotatable bonds is 6. The average molecular weight is 361 g/mol. The summed E-state index contributed by atoms with van der Waals surface area (Å²) in [4.78, 5) is 25.8. The molecule has 1 fully saturated rings. The van der Waals surface area contributed by atoms with Crippen molar-refractivity contribution in [2.45, 2.75) is 45.3 Å². The summed E-state index contributed by atoms with van der Waals surface area (Å²) >= 11 is 0. The van der Waals surface area contributed by atoms with E-state index in [2.05, 4.69) is 27.7 Å². The third kappa shape index (κ3) is 7.14. The number of hydrogen-bond donors (Lipinski definition) is 2. The summed E-state index contributed by atoms with van der Waals surface area (Å²) < 4.78 is 5.88. The van der Waals surface area contributed by atoms with Gasteiger partial charge < -0.3 is 15.4 Å². The summed E-state index contributed by atoms with van der Waals surface area (Å²) in [6.07, 6.45) is 1.95.